The van der Waals surface area contributed by atoms with Crippen molar-refractivity contribution in [2.45, 2.75) is 13.5 Å². The number of carbonyl (C=O) groups excluding carboxylic acids is 2. The van der Waals surface area contributed by atoms with Crippen LogP contribution in [0.5, 0.6) is 11.5 Å². The Kier molecular flexibility index (Phi) is 8.19. The molecule has 10 heteroatoms. The highest BCUT2D eigenvalue weighted by atomic mass is 127. The van der Waals surface area contributed by atoms with E-state index in [4.69, 9.17) is 26.8 Å². The molecular weight excluding hydrogens is 607 g/mol. The van der Waals surface area contributed by atoms with Crippen molar-refractivity contribution >= 4 is 69.5 Å². The van der Waals surface area contributed by atoms with Gasteiger partial charge in [0.2, 0.25) is 0 Å². The fourth-order valence-electron chi connectivity index (χ4n) is 3.55. The van der Waals surface area contributed by atoms with Gasteiger partial charge in [-0.25, -0.2) is 4.79 Å². The third kappa shape index (κ3) is 6.15. The zero-order chi connectivity index (χ0) is 26.5. The monoisotopic (exact) mass is 628 g/mol. The molecule has 188 valence electrons. The summed E-state index contributed by atoms with van der Waals surface area (Å²) >= 11 is 7.37. The maximum atomic E-state index is 13.3. The van der Waals surface area contributed by atoms with Crippen molar-refractivity contribution < 1.29 is 29.0 Å². The zero-order valence-electron chi connectivity index (χ0n) is 19.6. The fraction of sp³-hybridized carbons (Fsp3) is 0.111. The van der Waals surface area contributed by atoms with E-state index in [-0.39, 0.29) is 22.9 Å². The summed E-state index contributed by atoms with van der Waals surface area (Å²) in [7, 11) is 0. The predicted molar refractivity (Wildman–Crippen MR) is 151 cm³/mol. The Hall–Kier alpha value is -3.77. The molecule has 1 aliphatic rings. The van der Waals surface area contributed by atoms with Crippen LogP contribution >= 0.6 is 34.8 Å². The summed E-state index contributed by atoms with van der Waals surface area (Å²) in [5.41, 5.74) is 2.13. The number of carbonyl (C=O) groups is 3. The van der Waals surface area contributed by atoms with E-state index >= 15 is 0 Å². The normalized spacial score (nSPS) is 14.5. The van der Waals surface area contributed by atoms with Crippen LogP contribution in [0.2, 0.25) is 0 Å². The number of thiocarbonyl (C=S) groups is 1. The summed E-state index contributed by atoms with van der Waals surface area (Å²) in [5.74, 6) is -0.811. The molecule has 0 atom stereocenters. The average molecular weight is 628 g/mol. The molecule has 0 spiro atoms. The molecule has 0 unspecified atom stereocenters. The number of benzene rings is 3. The highest BCUT2D eigenvalue weighted by Crippen LogP contribution is 2.27. The number of anilines is 1. The largest absolute Gasteiger partial charge is 0.494 e. The lowest BCUT2D eigenvalue weighted by molar-refractivity contribution is -0.122. The Balaban J connectivity index is 1.51. The third-order valence-corrected chi connectivity index (χ3v) is 6.50. The summed E-state index contributed by atoms with van der Waals surface area (Å²) in [5, 5.41) is 11.6. The van der Waals surface area contributed by atoms with Gasteiger partial charge in [-0.1, -0.05) is 18.2 Å². The van der Waals surface area contributed by atoms with Crippen LogP contribution in [0.4, 0.5) is 5.69 Å². The number of nitrogens with one attached hydrogen (secondary N) is 1. The number of amides is 2. The van der Waals surface area contributed by atoms with E-state index < -0.39 is 17.8 Å². The number of nitrogens with zero attached hydrogens (tertiary/aromatic N) is 1. The number of halogens is 1. The Morgan fingerprint density at radius 1 is 1.05 bits per heavy atom. The molecule has 0 radical (unpaired) electrons. The highest BCUT2D eigenvalue weighted by molar-refractivity contribution is 14.1. The van der Waals surface area contributed by atoms with Gasteiger partial charge in [0.25, 0.3) is 11.8 Å². The zero-order valence-corrected chi connectivity index (χ0v) is 22.5. The number of carboxylic acids is 1. The second-order valence-corrected chi connectivity index (χ2v) is 9.41. The van der Waals surface area contributed by atoms with E-state index in [0.717, 1.165) is 9.13 Å². The van der Waals surface area contributed by atoms with E-state index in [9.17, 15) is 14.4 Å². The molecule has 3 aromatic rings. The molecule has 1 heterocycles. The highest BCUT2D eigenvalue weighted by Gasteiger charge is 2.34. The van der Waals surface area contributed by atoms with Crippen molar-refractivity contribution in [3.05, 3.63) is 92.6 Å². The molecule has 2 N–H and O–H groups in total. The quantitative estimate of drug-likeness (QED) is 0.160. The molecule has 0 aliphatic carbocycles. The van der Waals surface area contributed by atoms with Crippen LogP contribution in [-0.2, 0) is 16.2 Å². The van der Waals surface area contributed by atoms with E-state index in [1.54, 1.807) is 54.6 Å². The van der Waals surface area contributed by atoms with Gasteiger partial charge >= 0.3 is 5.97 Å². The molecule has 2 amide bonds. The summed E-state index contributed by atoms with van der Waals surface area (Å²) in [4.78, 5) is 38.1. The predicted octanol–water partition coefficient (Wildman–Crippen LogP) is 4.80. The van der Waals surface area contributed by atoms with Crippen LogP contribution in [0.15, 0.2) is 72.3 Å². The minimum Gasteiger partial charge on any atom is -0.494 e. The SMILES string of the molecule is CCOc1ccc(N2C(=O)/C(=C/c3ccc(OCc4ccc(C(=O)O)cc4)c(I)c3)C(=O)NC2=S)cc1. The molecule has 8 nitrogen and oxygen atoms in total. The molecule has 3 aromatic carbocycles. The van der Waals surface area contributed by atoms with Crippen LogP contribution in [0.25, 0.3) is 6.08 Å². The number of ether oxygens (including phenoxy) is 2. The number of hydrogen-bond acceptors (Lipinski definition) is 6. The minimum atomic E-state index is -0.985. The van der Waals surface area contributed by atoms with Crippen LogP contribution in [0, 0.1) is 3.57 Å². The third-order valence-electron chi connectivity index (χ3n) is 5.37. The van der Waals surface area contributed by atoms with Crippen LogP contribution in [0.3, 0.4) is 0 Å². The Morgan fingerprint density at radius 3 is 2.38 bits per heavy atom. The first kappa shape index (κ1) is 26.3. The molecule has 1 saturated heterocycles. The molecular formula is C27H21IN2O6S. The second-order valence-electron chi connectivity index (χ2n) is 7.87. The molecule has 37 heavy (non-hydrogen) atoms. The van der Waals surface area contributed by atoms with Gasteiger partial charge in [-0.15, -0.1) is 0 Å². The number of carboxylic acid groups (broad SMARTS) is 1. The standard InChI is InChI=1S/C27H21IN2O6S/c1-2-35-20-10-8-19(9-11-20)30-25(32)21(24(31)29-27(30)37)13-17-5-12-23(22(28)14-17)36-15-16-3-6-18(7-4-16)26(33)34/h3-14H,2,15H2,1H3,(H,33,34)(H,29,31,37)/b21-13+. The Labute approximate surface area is 232 Å². The lowest BCUT2D eigenvalue weighted by atomic mass is 10.1. The first-order valence-corrected chi connectivity index (χ1v) is 12.6. The van der Waals surface area contributed by atoms with Crippen molar-refractivity contribution in [1.29, 1.82) is 0 Å². The first-order chi connectivity index (χ1) is 17.8. The second kappa shape index (κ2) is 11.5. The number of hydrogen-bond donors (Lipinski definition) is 2. The molecule has 0 bridgehead atoms. The van der Waals surface area contributed by atoms with Crippen molar-refractivity contribution in [3.8, 4) is 11.5 Å². The van der Waals surface area contributed by atoms with E-state index in [1.165, 1.54) is 23.1 Å². The lowest BCUT2D eigenvalue weighted by Gasteiger charge is -2.29. The van der Waals surface area contributed by atoms with E-state index in [2.05, 4.69) is 27.9 Å². The average Bonchev–Trinajstić information content (AvgIpc) is 2.87. The molecule has 1 fully saturated rings. The van der Waals surface area contributed by atoms with Gasteiger partial charge < -0.3 is 14.6 Å². The molecule has 0 saturated carbocycles. The Bertz CT molecular complexity index is 1400. The first-order valence-electron chi connectivity index (χ1n) is 11.2. The van der Waals surface area contributed by atoms with Crippen molar-refractivity contribution in [2.75, 3.05) is 11.5 Å². The van der Waals surface area contributed by atoms with Crippen LogP contribution in [-0.4, -0.2) is 34.6 Å². The van der Waals surface area contributed by atoms with Crippen molar-refractivity contribution in [1.82, 2.24) is 5.32 Å². The molecule has 0 aromatic heterocycles. The summed E-state index contributed by atoms with van der Waals surface area (Å²) in [6.07, 6.45) is 1.51. The smallest absolute Gasteiger partial charge is 0.335 e. The van der Waals surface area contributed by atoms with Crippen LogP contribution < -0.4 is 19.7 Å². The van der Waals surface area contributed by atoms with Crippen molar-refractivity contribution in [3.63, 3.8) is 0 Å². The van der Waals surface area contributed by atoms with Gasteiger partial charge in [-0.05, 0) is 107 Å². The topological polar surface area (TPSA) is 105 Å². The summed E-state index contributed by atoms with van der Waals surface area (Å²) < 4.78 is 12.1. The van der Waals surface area contributed by atoms with Crippen LogP contribution in [0.1, 0.15) is 28.4 Å². The summed E-state index contributed by atoms with van der Waals surface area (Å²) in [6, 6.07) is 18.6. The van der Waals surface area contributed by atoms with Gasteiger partial charge in [-0.2, -0.15) is 0 Å². The van der Waals surface area contributed by atoms with Crippen molar-refractivity contribution in [2.24, 2.45) is 0 Å². The maximum Gasteiger partial charge on any atom is 0.335 e. The number of aromatic carboxylic acids is 1. The molecule has 4 rings (SSSR count). The maximum absolute atomic E-state index is 13.3. The molecule has 1 aliphatic heterocycles. The van der Waals surface area contributed by atoms with Gasteiger partial charge in [0.1, 0.15) is 23.7 Å². The van der Waals surface area contributed by atoms with Gasteiger partial charge in [-0.3, -0.25) is 19.8 Å². The Morgan fingerprint density at radius 2 is 1.76 bits per heavy atom. The van der Waals surface area contributed by atoms with E-state index in [0.29, 0.717) is 29.4 Å². The summed E-state index contributed by atoms with van der Waals surface area (Å²) in [6.45, 7) is 2.66. The van der Waals surface area contributed by atoms with Gasteiger partial charge in [0.15, 0.2) is 5.11 Å². The van der Waals surface area contributed by atoms with E-state index in [1.807, 2.05) is 6.92 Å². The van der Waals surface area contributed by atoms with Gasteiger partial charge in [0.05, 0.1) is 21.4 Å². The minimum absolute atomic E-state index is 0.00558. The lowest BCUT2D eigenvalue weighted by Crippen LogP contribution is -2.54. The number of rotatable bonds is 8. The van der Waals surface area contributed by atoms with Gasteiger partial charge in [0, 0.05) is 0 Å². The fourth-order valence-corrected chi connectivity index (χ4v) is 4.52.